The van der Waals surface area contributed by atoms with E-state index in [1.54, 1.807) is 32.3 Å². The summed E-state index contributed by atoms with van der Waals surface area (Å²) in [6.07, 6.45) is 0.723. The van der Waals surface area contributed by atoms with E-state index in [1.807, 2.05) is 4.90 Å². The fraction of sp³-hybridized carbons (Fsp3) is 0.429. The Balaban J connectivity index is 2.26. The molecule has 1 aromatic carbocycles. The van der Waals surface area contributed by atoms with Crippen LogP contribution in [0.4, 0.5) is 11.4 Å². The van der Waals surface area contributed by atoms with Crippen molar-refractivity contribution in [2.75, 3.05) is 37.8 Å². The third-order valence-electron chi connectivity index (χ3n) is 3.61. The first-order valence-corrected chi connectivity index (χ1v) is 6.55. The van der Waals surface area contributed by atoms with Crippen molar-refractivity contribution >= 4 is 23.2 Å². The highest BCUT2D eigenvalue weighted by Gasteiger charge is 2.28. The third kappa shape index (κ3) is 2.68. The molecular weight excluding hydrogens is 256 g/mol. The van der Waals surface area contributed by atoms with Gasteiger partial charge in [-0.1, -0.05) is 0 Å². The summed E-state index contributed by atoms with van der Waals surface area (Å²) in [6, 6.07) is 5.22. The lowest BCUT2D eigenvalue weighted by atomic mass is 10.1. The Morgan fingerprint density at radius 3 is 2.60 bits per heavy atom. The first-order chi connectivity index (χ1) is 9.40. The van der Waals surface area contributed by atoms with E-state index < -0.39 is 0 Å². The molecule has 1 aliphatic rings. The smallest absolute Gasteiger partial charge is 0.253 e. The maximum atomic E-state index is 12.0. The van der Waals surface area contributed by atoms with Gasteiger partial charge in [-0.25, -0.2) is 0 Å². The zero-order chi connectivity index (χ0) is 14.9. The van der Waals surface area contributed by atoms with Crippen molar-refractivity contribution in [1.29, 1.82) is 0 Å². The number of benzene rings is 1. The number of hydrogen-bond donors (Lipinski definition) is 2. The minimum absolute atomic E-state index is 0.0723. The van der Waals surface area contributed by atoms with Crippen LogP contribution in [0.1, 0.15) is 16.8 Å². The van der Waals surface area contributed by atoms with Gasteiger partial charge in [0.15, 0.2) is 0 Å². The second-order valence-corrected chi connectivity index (χ2v) is 5.31. The van der Waals surface area contributed by atoms with Crippen LogP contribution in [0.15, 0.2) is 18.2 Å². The highest BCUT2D eigenvalue weighted by atomic mass is 16.2. The molecule has 0 aliphatic carbocycles. The van der Waals surface area contributed by atoms with Crippen molar-refractivity contribution in [3.63, 3.8) is 0 Å². The molecule has 0 saturated carbocycles. The molecule has 108 valence electrons. The minimum atomic E-state index is -0.286. The standard InChI is InChI=1S/C14H20N4O2/c1-17(2)14(20)9-3-4-11(15)12(7-9)18-6-5-10(8-18)13(16)19/h3-4,7,10H,5-6,8,15H2,1-2H3,(H2,16,19). The highest BCUT2D eigenvalue weighted by Crippen LogP contribution is 2.30. The number of hydrogen-bond acceptors (Lipinski definition) is 4. The molecule has 0 bridgehead atoms. The molecule has 1 fully saturated rings. The van der Waals surface area contributed by atoms with Gasteiger partial charge in [0.25, 0.3) is 5.91 Å². The Morgan fingerprint density at radius 2 is 2.05 bits per heavy atom. The van der Waals surface area contributed by atoms with Gasteiger partial charge in [-0.2, -0.15) is 0 Å². The molecule has 6 nitrogen and oxygen atoms in total. The summed E-state index contributed by atoms with van der Waals surface area (Å²) >= 11 is 0. The number of primary amides is 1. The number of rotatable bonds is 3. The van der Waals surface area contributed by atoms with Crippen LogP contribution in [0, 0.1) is 5.92 Å². The maximum Gasteiger partial charge on any atom is 0.253 e. The molecular formula is C14H20N4O2. The first kappa shape index (κ1) is 14.2. The predicted octanol–water partition coefficient (Wildman–Crippen LogP) is 0.282. The zero-order valence-corrected chi connectivity index (χ0v) is 11.8. The second kappa shape index (κ2) is 5.40. The fourth-order valence-electron chi connectivity index (χ4n) is 2.42. The monoisotopic (exact) mass is 276 g/mol. The average molecular weight is 276 g/mol. The van der Waals surface area contributed by atoms with E-state index >= 15 is 0 Å². The Bertz CT molecular complexity index is 542. The van der Waals surface area contributed by atoms with Crippen molar-refractivity contribution < 1.29 is 9.59 Å². The minimum Gasteiger partial charge on any atom is -0.397 e. The van der Waals surface area contributed by atoms with Gasteiger partial charge in [-0.3, -0.25) is 9.59 Å². The summed E-state index contributed by atoms with van der Waals surface area (Å²) < 4.78 is 0. The predicted molar refractivity (Wildman–Crippen MR) is 78.4 cm³/mol. The quantitative estimate of drug-likeness (QED) is 0.776. The van der Waals surface area contributed by atoms with E-state index in [9.17, 15) is 9.59 Å². The Morgan fingerprint density at radius 1 is 1.35 bits per heavy atom. The van der Waals surface area contributed by atoms with Crippen LogP contribution in [-0.2, 0) is 4.79 Å². The number of carbonyl (C=O) groups is 2. The van der Waals surface area contributed by atoms with E-state index in [-0.39, 0.29) is 17.7 Å². The average Bonchev–Trinajstić information content (AvgIpc) is 2.88. The van der Waals surface area contributed by atoms with Crippen LogP contribution in [0.25, 0.3) is 0 Å². The van der Waals surface area contributed by atoms with Gasteiger partial charge in [-0.05, 0) is 24.6 Å². The number of nitrogens with two attached hydrogens (primary N) is 2. The van der Waals surface area contributed by atoms with Crippen LogP contribution >= 0.6 is 0 Å². The topological polar surface area (TPSA) is 92.7 Å². The summed E-state index contributed by atoms with van der Waals surface area (Å²) in [4.78, 5) is 26.7. The first-order valence-electron chi connectivity index (χ1n) is 6.55. The molecule has 1 unspecified atom stereocenters. The van der Waals surface area contributed by atoms with Crippen molar-refractivity contribution in [3.8, 4) is 0 Å². The van der Waals surface area contributed by atoms with Crippen LogP contribution < -0.4 is 16.4 Å². The molecule has 2 amide bonds. The number of carbonyl (C=O) groups excluding carboxylic acids is 2. The van der Waals surface area contributed by atoms with Gasteiger partial charge in [0.1, 0.15) is 0 Å². The Labute approximate surface area is 118 Å². The van der Waals surface area contributed by atoms with E-state index in [2.05, 4.69) is 0 Å². The van der Waals surface area contributed by atoms with E-state index in [1.165, 1.54) is 4.90 Å². The SMILES string of the molecule is CN(C)C(=O)c1ccc(N)c(N2CCC(C(N)=O)C2)c1. The van der Waals surface area contributed by atoms with Gasteiger partial charge < -0.3 is 21.3 Å². The maximum absolute atomic E-state index is 12.0. The molecule has 1 heterocycles. The summed E-state index contributed by atoms with van der Waals surface area (Å²) in [7, 11) is 3.41. The number of nitrogens with zero attached hydrogens (tertiary/aromatic N) is 2. The third-order valence-corrected chi connectivity index (χ3v) is 3.61. The molecule has 1 saturated heterocycles. The van der Waals surface area contributed by atoms with Gasteiger partial charge >= 0.3 is 0 Å². The largest absolute Gasteiger partial charge is 0.397 e. The molecule has 4 N–H and O–H groups in total. The lowest BCUT2D eigenvalue weighted by molar-refractivity contribution is -0.121. The number of nitrogen functional groups attached to an aromatic ring is 1. The van der Waals surface area contributed by atoms with Gasteiger partial charge in [-0.15, -0.1) is 0 Å². The molecule has 0 radical (unpaired) electrons. The van der Waals surface area contributed by atoms with Crippen molar-refractivity contribution in [2.24, 2.45) is 11.7 Å². The van der Waals surface area contributed by atoms with E-state index in [0.717, 1.165) is 18.7 Å². The van der Waals surface area contributed by atoms with Gasteiger partial charge in [0, 0.05) is 32.7 Å². The van der Waals surface area contributed by atoms with Crippen molar-refractivity contribution in [3.05, 3.63) is 23.8 Å². The lowest BCUT2D eigenvalue weighted by Gasteiger charge is -2.21. The summed E-state index contributed by atoms with van der Waals surface area (Å²) in [6.45, 7) is 1.27. The fourth-order valence-corrected chi connectivity index (χ4v) is 2.42. The molecule has 0 spiro atoms. The Hall–Kier alpha value is -2.24. The van der Waals surface area contributed by atoms with Crippen LogP contribution in [0.3, 0.4) is 0 Å². The molecule has 1 atom stereocenters. The van der Waals surface area contributed by atoms with E-state index in [0.29, 0.717) is 17.8 Å². The van der Waals surface area contributed by atoms with Crippen molar-refractivity contribution in [2.45, 2.75) is 6.42 Å². The van der Waals surface area contributed by atoms with E-state index in [4.69, 9.17) is 11.5 Å². The summed E-state index contributed by atoms with van der Waals surface area (Å²) in [5.74, 6) is -0.508. The summed E-state index contributed by atoms with van der Waals surface area (Å²) in [5.41, 5.74) is 13.3. The Kier molecular flexibility index (Phi) is 3.83. The van der Waals surface area contributed by atoms with Gasteiger partial charge in [0.2, 0.25) is 5.91 Å². The second-order valence-electron chi connectivity index (χ2n) is 5.31. The number of amides is 2. The van der Waals surface area contributed by atoms with Crippen LogP contribution in [0.2, 0.25) is 0 Å². The molecule has 6 heteroatoms. The molecule has 2 rings (SSSR count). The normalized spacial score (nSPS) is 18.1. The lowest BCUT2D eigenvalue weighted by Crippen LogP contribution is -2.28. The summed E-state index contributed by atoms with van der Waals surface area (Å²) in [5, 5.41) is 0. The molecule has 1 aromatic rings. The van der Waals surface area contributed by atoms with Crippen LogP contribution in [-0.4, -0.2) is 43.9 Å². The highest BCUT2D eigenvalue weighted by molar-refractivity contribution is 5.96. The van der Waals surface area contributed by atoms with Crippen LogP contribution in [0.5, 0.6) is 0 Å². The van der Waals surface area contributed by atoms with Gasteiger partial charge in [0.05, 0.1) is 17.3 Å². The molecule has 0 aromatic heterocycles. The molecule has 20 heavy (non-hydrogen) atoms. The zero-order valence-electron chi connectivity index (χ0n) is 11.8. The molecule has 1 aliphatic heterocycles. The number of anilines is 2. The van der Waals surface area contributed by atoms with Crippen molar-refractivity contribution in [1.82, 2.24) is 4.90 Å².